The van der Waals surface area contributed by atoms with Crippen molar-refractivity contribution < 1.29 is 0 Å². The number of unbranched alkanes of at least 4 members (excludes halogenated alkanes) is 1. The van der Waals surface area contributed by atoms with Gasteiger partial charge >= 0.3 is 0 Å². The number of hydrogen-bond acceptors (Lipinski definition) is 1. The molecule has 0 spiro atoms. The van der Waals surface area contributed by atoms with Gasteiger partial charge in [0.15, 0.2) is 0 Å². The first kappa shape index (κ1) is 14.1. The lowest BCUT2D eigenvalue weighted by molar-refractivity contribution is 0.425. The zero-order chi connectivity index (χ0) is 13.9. The summed E-state index contributed by atoms with van der Waals surface area (Å²) in [4.78, 5) is 0. The molecule has 2 nitrogen and oxygen atoms in total. The van der Waals surface area contributed by atoms with Crippen molar-refractivity contribution in [1.29, 1.82) is 0 Å². The van der Waals surface area contributed by atoms with E-state index in [0.717, 1.165) is 13.1 Å². The molecule has 1 aromatic heterocycles. The van der Waals surface area contributed by atoms with Crippen molar-refractivity contribution in [2.24, 2.45) is 0 Å². The number of rotatable bonds is 5. The summed E-state index contributed by atoms with van der Waals surface area (Å²) in [5.74, 6) is 0. The average molecular weight is 258 g/mol. The zero-order valence-electron chi connectivity index (χ0n) is 12.7. The second kappa shape index (κ2) is 5.79. The number of aromatic nitrogens is 1. The molecular weight excluding hydrogens is 232 g/mol. The SMILES string of the molecule is CCCCn1cc(CNC(C)(C)C)c2ccccc21. The van der Waals surface area contributed by atoms with Gasteiger partial charge in [0.05, 0.1) is 0 Å². The van der Waals surface area contributed by atoms with E-state index in [0.29, 0.717) is 0 Å². The fraction of sp³-hybridized carbons (Fsp3) is 0.529. The highest BCUT2D eigenvalue weighted by Gasteiger charge is 2.12. The molecule has 104 valence electrons. The molecule has 0 amide bonds. The van der Waals surface area contributed by atoms with Crippen molar-refractivity contribution in [2.75, 3.05) is 0 Å². The molecule has 2 rings (SSSR count). The van der Waals surface area contributed by atoms with Gasteiger partial charge in [-0.3, -0.25) is 0 Å². The van der Waals surface area contributed by atoms with Gasteiger partial charge in [-0.25, -0.2) is 0 Å². The highest BCUT2D eigenvalue weighted by Crippen LogP contribution is 2.22. The monoisotopic (exact) mass is 258 g/mol. The maximum Gasteiger partial charge on any atom is 0.0483 e. The van der Waals surface area contributed by atoms with Crippen LogP contribution in [0.1, 0.15) is 46.1 Å². The zero-order valence-corrected chi connectivity index (χ0v) is 12.7. The van der Waals surface area contributed by atoms with Gasteiger partial charge in [-0.05, 0) is 38.8 Å². The molecule has 0 aliphatic heterocycles. The Balaban J connectivity index is 2.28. The van der Waals surface area contributed by atoms with Crippen LogP contribution in [0.3, 0.4) is 0 Å². The van der Waals surface area contributed by atoms with Gasteiger partial charge in [0.1, 0.15) is 0 Å². The lowest BCUT2D eigenvalue weighted by atomic mass is 10.1. The van der Waals surface area contributed by atoms with Crippen LogP contribution in [0.25, 0.3) is 10.9 Å². The summed E-state index contributed by atoms with van der Waals surface area (Å²) in [6.45, 7) is 10.9. The van der Waals surface area contributed by atoms with Crippen molar-refractivity contribution in [2.45, 2.75) is 59.2 Å². The second-order valence-electron chi connectivity index (χ2n) is 6.32. The highest BCUT2D eigenvalue weighted by molar-refractivity contribution is 5.83. The first-order valence-electron chi connectivity index (χ1n) is 7.33. The summed E-state index contributed by atoms with van der Waals surface area (Å²) in [5, 5.41) is 4.97. The molecule has 19 heavy (non-hydrogen) atoms. The molecule has 0 saturated heterocycles. The van der Waals surface area contributed by atoms with Gasteiger partial charge < -0.3 is 9.88 Å². The molecular formula is C17H26N2. The average Bonchev–Trinajstić information content (AvgIpc) is 2.72. The lowest BCUT2D eigenvalue weighted by Crippen LogP contribution is -2.34. The Morgan fingerprint density at radius 2 is 1.89 bits per heavy atom. The smallest absolute Gasteiger partial charge is 0.0483 e. The predicted molar refractivity (Wildman–Crippen MR) is 83.4 cm³/mol. The van der Waals surface area contributed by atoms with E-state index in [2.05, 4.69) is 68.0 Å². The van der Waals surface area contributed by atoms with E-state index in [4.69, 9.17) is 0 Å². The van der Waals surface area contributed by atoms with Crippen LogP contribution in [-0.2, 0) is 13.1 Å². The van der Waals surface area contributed by atoms with E-state index in [1.807, 2.05) is 0 Å². The minimum Gasteiger partial charge on any atom is -0.347 e. The highest BCUT2D eigenvalue weighted by atomic mass is 15.0. The van der Waals surface area contributed by atoms with Crippen molar-refractivity contribution >= 4 is 10.9 Å². The maximum atomic E-state index is 3.59. The Hall–Kier alpha value is -1.28. The quantitative estimate of drug-likeness (QED) is 0.844. The minimum atomic E-state index is 0.159. The van der Waals surface area contributed by atoms with Crippen LogP contribution in [0.2, 0.25) is 0 Å². The number of hydrogen-bond donors (Lipinski definition) is 1. The van der Waals surface area contributed by atoms with Crippen molar-refractivity contribution in [3.63, 3.8) is 0 Å². The third kappa shape index (κ3) is 3.60. The predicted octanol–water partition coefficient (Wildman–Crippen LogP) is 4.33. The normalized spacial score (nSPS) is 12.2. The number of para-hydroxylation sites is 1. The van der Waals surface area contributed by atoms with Gasteiger partial charge in [-0.15, -0.1) is 0 Å². The first-order valence-corrected chi connectivity index (χ1v) is 7.33. The van der Waals surface area contributed by atoms with Crippen molar-refractivity contribution in [3.05, 3.63) is 36.0 Å². The van der Waals surface area contributed by atoms with E-state index in [1.54, 1.807) is 0 Å². The number of benzene rings is 1. The molecule has 1 N–H and O–H groups in total. The number of nitrogens with zero attached hydrogens (tertiary/aromatic N) is 1. The fourth-order valence-electron chi connectivity index (χ4n) is 2.34. The molecule has 2 heteroatoms. The molecule has 0 atom stereocenters. The third-order valence-electron chi connectivity index (χ3n) is 3.43. The largest absolute Gasteiger partial charge is 0.347 e. The molecule has 1 aromatic carbocycles. The van der Waals surface area contributed by atoms with Crippen LogP contribution in [0.15, 0.2) is 30.5 Å². The Labute approximate surface area is 116 Å². The van der Waals surface area contributed by atoms with Crippen LogP contribution in [-0.4, -0.2) is 10.1 Å². The Morgan fingerprint density at radius 3 is 2.58 bits per heavy atom. The minimum absolute atomic E-state index is 0.159. The van der Waals surface area contributed by atoms with Crippen LogP contribution in [0.4, 0.5) is 0 Å². The number of aryl methyl sites for hydroxylation is 1. The van der Waals surface area contributed by atoms with Gasteiger partial charge in [0, 0.05) is 35.7 Å². The van der Waals surface area contributed by atoms with E-state index in [1.165, 1.54) is 29.3 Å². The third-order valence-corrected chi connectivity index (χ3v) is 3.43. The first-order chi connectivity index (χ1) is 9.01. The summed E-state index contributed by atoms with van der Waals surface area (Å²) in [6.07, 6.45) is 4.80. The summed E-state index contributed by atoms with van der Waals surface area (Å²) >= 11 is 0. The standard InChI is InChI=1S/C17H26N2/c1-5-6-11-19-13-14(12-18-17(2,3)4)15-9-7-8-10-16(15)19/h7-10,13,18H,5-6,11-12H2,1-4H3. The Morgan fingerprint density at radius 1 is 1.16 bits per heavy atom. The summed E-state index contributed by atoms with van der Waals surface area (Å²) < 4.78 is 2.40. The maximum absolute atomic E-state index is 3.59. The number of nitrogens with one attached hydrogen (secondary N) is 1. The lowest BCUT2D eigenvalue weighted by Gasteiger charge is -2.20. The van der Waals surface area contributed by atoms with Crippen LogP contribution in [0.5, 0.6) is 0 Å². The second-order valence-corrected chi connectivity index (χ2v) is 6.32. The molecule has 0 fully saturated rings. The Bertz CT molecular complexity index is 532. The fourth-order valence-corrected chi connectivity index (χ4v) is 2.34. The van der Waals surface area contributed by atoms with Gasteiger partial charge in [0.25, 0.3) is 0 Å². The summed E-state index contributed by atoms with van der Waals surface area (Å²) in [5.41, 5.74) is 2.93. The summed E-state index contributed by atoms with van der Waals surface area (Å²) in [7, 11) is 0. The van der Waals surface area contributed by atoms with Gasteiger partial charge in [-0.2, -0.15) is 0 Å². The van der Waals surface area contributed by atoms with Gasteiger partial charge in [-0.1, -0.05) is 31.5 Å². The van der Waals surface area contributed by atoms with E-state index in [9.17, 15) is 0 Å². The molecule has 0 aliphatic rings. The van der Waals surface area contributed by atoms with E-state index < -0.39 is 0 Å². The summed E-state index contributed by atoms with van der Waals surface area (Å²) in [6, 6.07) is 8.72. The molecule has 0 bridgehead atoms. The van der Waals surface area contributed by atoms with Gasteiger partial charge in [0.2, 0.25) is 0 Å². The van der Waals surface area contributed by atoms with Crippen molar-refractivity contribution in [3.8, 4) is 0 Å². The van der Waals surface area contributed by atoms with Crippen LogP contribution < -0.4 is 5.32 Å². The number of fused-ring (bicyclic) bond motifs is 1. The van der Waals surface area contributed by atoms with Crippen LogP contribution >= 0.6 is 0 Å². The molecule has 0 radical (unpaired) electrons. The molecule has 1 heterocycles. The topological polar surface area (TPSA) is 17.0 Å². The molecule has 0 saturated carbocycles. The molecule has 0 aliphatic carbocycles. The van der Waals surface area contributed by atoms with E-state index in [-0.39, 0.29) is 5.54 Å². The Kier molecular flexibility index (Phi) is 4.31. The molecule has 0 unspecified atom stereocenters. The molecule has 2 aromatic rings. The van der Waals surface area contributed by atoms with E-state index >= 15 is 0 Å². The van der Waals surface area contributed by atoms with Crippen molar-refractivity contribution in [1.82, 2.24) is 9.88 Å². The van der Waals surface area contributed by atoms with Crippen LogP contribution in [0, 0.1) is 0 Å².